The van der Waals surface area contributed by atoms with Gasteiger partial charge >= 0.3 is 0 Å². The molecule has 0 unspecified atom stereocenters. The Morgan fingerprint density at radius 2 is 0.818 bits per heavy atom. The summed E-state index contributed by atoms with van der Waals surface area (Å²) in [5, 5.41) is 4.19. The molecular formula is C20H18BrP. The minimum absolute atomic E-state index is 0.446. The van der Waals surface area contributed by atoms with Crippen LogP contribution < -0.4 is 15.9 Å². The molecule has 0 N–H and O–H groups in total. The molecule has 110 valence electrons. The molecule has 0 spiro atoms. The third kappa shape index (κ3) is 4.66. The molecule has 0 aliphatic heterocycles. The van der Waals surface area contributed by atoms with Crippen molar-refractivity contribution in [3.05, 3.63) is 103 Å². The van der Waals surface area contributed by atoms with E-state index in [-0.39, 0.29) is 0 Å². The fourth-order valence-electron chi connectivity index (χ4n) is 2.18. The van der Waals surface area contributed by atoms with Gasteiger partial charge in [0.15, 0.2) is 0 Å². The second-order valence-electron chi connectivity index (χ2n) is 4.50. The van der Waals surface area contributed by atoms with E-state index in [2.05, 4.69) is 114 Å². The maximum absolute atomic E-state index is 3.28. The van der Waals surface area contributed by atoms with Crippen molar-refractivity contribution >= 4 is 39.8 Å². The first-order valence-corrected chi connectivity index (χ1v) is 9.29. The largest absolute Gasteiger partial charge is 0.0921 e. The zero-order valence-electron chi connectivity index (χ0n) is 12.3. The normalized spacial score (nSPS) is 9.73. The summed E-state index contributed by atoms with van der Waals surface area (Å²) in [6.07, 6.45) is 0. The third-order valence-electron chi connectivity index (χ3n) is 3.04. The van der Waals surface area contributed by atoms with Crippen molar-refractivity contribution in [2.75, 3.05) is 0 Å². The predicted octanol–water partition coefficient (Wildman–Crippen LogP) is 4.97. The highest BCUT2D eigenvalue weighted by molar-refractivity contribution is 9.11. The Bertz CT molecular complexity index is 572. The van der Waals surface area contributed by atoms with Crippen molar-refractivity contribution in [2.24, 2.45) is 0 Å². The Hall–Kier alpha value is -1.69. The molecule has 3 rings (SSSR count). The lowest BCUT2D eigenvalue weighted by atomic mass is 10.4. The molecule has 0 bridgehead atoms. The number of hydrogen-bond donors (Lipinski definition) is 0. The molecule has 0 heterocycles. The Kier molecular flexibility index (Phi) is 7.09. The van der Waals surface area contributed by atoms with E-state index in [1.54, 1.807) is 4.99 Å². The second kappa shape index (κ2) is 9.35. The van der Waals surface area contributed by atoms with Crippen LogP contribution in [0, 0.1) is 0 Å². The Labute approximate surface area is 142 Å². The first kappa shape index (κ1) is 16.7. The summed E-state index contributed by atoms with van der Waals surface area (Å²) >= 11 is 2.91. The first-order chi connectivity index (χ1) is 10.9. The first-order valence-electron chi connectivity index (χ1n) is 7.03. The number of hydrogen-bond acceptors (Lipinski definition) is 0. The molecule has 0 saturated heterocycles. The van der Waals surface area contributed by atoms with E-state index in [0.717, 1.165) is 0 Å². The maximum atomic E-state index is 3.28. The van der Waals surface area contributed by atoms with Gasteiger partial charge in [0.1, 0.15) is 0 Å². The molecule has 2 heteroatoms. The maximum Gasteiger partial charge on any atom is -0.0134 e. The number of halogens is 1. The summed E-state index contributed by atoms with van der Waals surface area (Å²) in [5.41, 5.74) is 0. The molecule has 0 nitrogen and oxygen atoms in total. The van der Waals surface area contributed by atoms with Gasteiger partial charge < -0.3 is 0 Å². The van der Waals surface area contributed by atoms with Crippen LogP contribution in [0.5, 0.6) is 0 Å². The van der Waals surface area contributed by atoms with Gasteiger partial charge in [-0.1, -0.05) is 114 Å². The fourth-order valence-corrected chi connectivity index (χ4v) is 4.48. The van der Waals surface area contributed by atoms with Crippen molar-refractivity contribution < 1.29 is 0 Å². The SMILES string of the molecule is C=CBr.c1ccc(P(c2ccccc2)c2ccccc2)cc1. The van der Waals surface area contributed by atoms with Gasteiger partial charge in [-0.2, -0.15) is 0 Å². The summed E-state index contributed by atoms with van der Waals surface area (Å²) in [5.74, 6) is 0. The van der Waals surface area contributed by atoms with E-state index in [4.69, 9.17) is 0 Å². The number of benzene rings is 3. The summed E-state index contributed by atoms with van der Waals surface area (Å²) in [7, 11) is -0.446. The Morgan fingerprint density at radius 1 is 0.591 bits per heavy atom. The van der Waals surface area contributed by atoms with Crippen LogP contribution in [-0.2, 0) is 0 Å². The molecule has 0 aromatic heterocycles. The van der Waals surface area contributed by atoms with Gasteiger partial charge in [0, 0.05) is 0 Å². The van der Waals surface area contributed by atoms with E-state index in [1.165, 1.54) is 15.9 Å². The van der Waals surface area contributed by atoms with Gasteiger partial charge in [-0.25, -0.2) is 0 Å². The predicted molar refractivity (Wildman–Crippen MR) is 104 cm³/mol. The fraction of sp³-hybridized carbons (Fsp3) is 0. The molecule has 0 aliphatic rings. The highest BCUT2D eigenvalue weighted by Crippen LogP contribution is 2.32. The highest BCUT2D eigenvalue weighted by Gasteiger charge is 2.14. The van der Waals surface area contributed by atoms with Gasteiger partial charge in [-0.3, -0.25) is 0 Å². The van der Waals surface area contributed by atoms with Crippen molar-refractivity contribution in [3.63, 3.8) is 0 Å². The highest BCUT2D eigenvalue weighted by atomic mass is 79.9. The van der Waals surface area contributed by atoms with Gasteiger partial charge in [-0.15, -0.1) is 0 Å². The molecule has 0 atom stereocenters. The van der Waals surface area contributed by atoms with Gasteiger partial charge in [0.2, 0.25) is 0 Å². The quantitative estimate of drug-likeness (QED) is 0.572. The van der Waals surface area contributed by atoms with Crippen molar-refractivity contribution in [1.29, 1.82) is 0 Å². The molecular weight excluding hydrogens is 351 g/mol. The summed E-state index contributed by atoms with van der Waals surface area (Å²) in [4.78, 5) is 1.56. The molecule has 0 radical (unpaired) electrons. The molecule has 22 heavy (non-hydrogen) atoms. The van der Waals surface area contributed by atoms with E-state index in [1.807, 2.05) is 0 Å². The van der Waals surface area contributed by atoms with Crippen LogP contribution in [0.2, 0.25) is 0 Å². The van der Waals surface area contributed by atoms with Crippen LogP contribution in [0.3, 0.4) is 0 Å². The van der Waals surface area contributed by atoms with Crippen LogP contribution in [0.25, 0.3) is 0 Å². The van der Waals surface area contributed by atoms with Crippen LogP contribution >= 0.6 is 23.9 Å². The van der Waals surface area contributed by atoms with Gasteiger partial charge in [-0.05, 0) is 28.8 Å². The molecule has 0 saturated carbocycles. The minimum atomic E-state index is -0.446. The standard InChI is InChI=1S/C18H15P.C2H3Br/c1-4-10-16(11-5-1)19(17-12-6-2-7-13-17)18-14-8-3-9-15-18;1-2-3/h1-15H;2H,1H2. The van der Waals surface area contributed by atoms with Crippen LogP contribution in [0.15, 0.2) is 103 Å². The molecule has 0 fully saturated rings. The van der Waals surface area contributed by atoms with Crippen LogP contribution in [0.4, 0.5) is 0 Å². The van der Waals surface area contributed by atoms with Crippen LogP contribution in [-0.4, -0.2) is 0 Å². The van der Waals surface area contributed by atoms with E-state index >= 15 is 0 Å². The molecule has 0 amide bonds. The third-order valence-corrected chi connectivity index (χ3v) is 5.49. The average molecular weight is 369 g/mol. The van der Waals surface area contributed by atoms with Gasteiger partial charge in [0.25, 0.3) is 0 Å². The lowest BCUT2D eigenvalue weighted by Gasteiger charge is -2.18. The minimum Gasteiger partial charge on any atom is -0.0921 e. The molecule has 3 aromatic rings. The molecule has 0 aliphatic carbocycles. The second-order valence-corrected chi connectivity index (χ2v) is 7.36. The monoisotopic (exact) mass is 368 g/mol. The zero-order valence-corrected chi connectivity index (χ0v) is 14.8. The zero-order chi connectivity index (χ0) is 15.6. The Balaban J connectivity index is 0.000000545. The van der Waals surface area contributed by atoms with Gasteiger partial charge in [0.05, 0.1) is 0 Å². The topological polar surface area (TPSA) is 0 Å². The molecule has 3 aromatic carbocycles. The smallest absolute Gasteiger partial charge is 0.0134 e. The van der Waals surface area contributed by atoms with E-state index in [9.17, 15) is 0 Å². The number of rotatable bonds is 3. The van der Waals surface area contributed by atoms with Crippen molar-refractivity contribution in [2.45, 2.75) is 0 Å². The summed E-state index contributed by atoms with van der Waals surface area (Å²) in [6, 6.07) is 32.3. The van der Waals surface area contributed by atoms with Crippen molar-refractivity contribution in [1.82, 2.24) is 0 Å². The van der Waals surface area contributed by atoms with E-state index in [0.29, 0.717) is 0 Å². The summed E-state index contributed by atoms with van der Waals surface area (Å²) in [6.45, 7) is 3.28. The average Bonchev–Trinajstić information content (AvgIpc) is 2.59. The Morgan fingerprint density at radius 3 is 1.05 bits per heavy atom. The van der Waals surface area contributed by atoms with E-state index < -0.39 is 7.92 Å². The summed E-state index contributed by atoms with van der Waals surface area (Å²) < 4.78 is 0. The lowest BCUT2D eigenvalue weighted by Crippen LogP contribution is -2.20. The van der Waals surface area contributed by atoms with Crippen LogP contribution in [0.1, 0.15) is 0 Å². The van der Waals surface area contributed by atoms with Crippen molar-refractivity contribution in [3.8, 4) is 0 Å². The lowest BCUT2D eigenvalue weighted by molar-refractivity contribution is 1.74.